The van der Waals surface area contributed by atoms with Crippen molar-refractivity contribution in [3.8, 4) is 5.75 Å². The number of carbonyl (C=O) groups excluding carboxylic acids is 2. The van der Waals surface area contributed by atoms with Gasteiger partial charge in [0.2, 0.25) is 0 Å². The van der Waals surface area contributed by atoms with Crippen LogP contribution in [0.2, 0.25) is 0 Å². The molecule has 0 spiro atoms. The van der Waals surface area contributed by atoms with Gasteiger partial charge < -0.3 is 24.5 Å². The number of benzene rings is 1. The lowest BCUT2D eigenvalue weighted by Crippen LogP contribution is -2.41. The lowest BCUT2D eigenvalue weighted by atomic mass is 10.2. The molecule has 1 unspecified atom stereocenters. The van der Waals surface area contributed by atoms with Gasteiger partial charge in [-0.1, -0.05) is 57.7 Å². The van der Waals surface area contributed by atoms with Crippen LogP contribution in [-0.2, 0) is 34.9 Å². The van der Waals surface area contributed by atoms with E-state index in [9.17, 15) is 23.3 Å². The molecule has 234 valence electrons. The van der Waals surface area contributed by atoms with E-state index in [4.69, 9.17) is 24.5 Å². The summed E-state index contributed by atoms with van der Waals surface area (Å²) in [6.07, 6.45) is 3.81. The van der Waals surface area contributed by atoms with Crippen LogP contribution in [0.15, 0.2) is 47.4 Å². The van der Waals surface area contributed by atoms with Gasteiger partial charge >= 0.3 is 25.1 Å². The second-order valence-electron chi connectivity index (χ2n) is 9.63. The second-order valence-corrected chi connectivity index (χ2v) is 11.7. The maximum absolute atomic E-state index is 14.1. The van der Waals surface area contributed by atoms with Crippen LogP contribution in [0.3, 0.4) is 0 Å². The normalized spacial score (nSPS) is 14.0. The van der Waals surface area contributed by atoms with Crippen LogP contribution in [0.4, 0.5) is 10.2 Å². The Balaban J connectivity index is 2.23. The molecule has 3 N–H and O–H groups in total. The molecule has 14 heteroatoms. The summed E-state index contributed by atoms with van der Waals surface area (Å²) < 4.78 is 51.1. The topological polar surface area (TPSA) is 161 Å². The molecule has 0 aliphatic carbocycles. The van der Waals surface area contributed by atoms with E-state index in [-0.39, 0.29) is 31.3 Å². The first-order chi connectivity index (χ1) is 20.2. The maximum Gasteiger partial charge on any atom is 0.349 e. The fourth-order valence-electron chi connectivity index (χ4n) is 3.70. The minimum atomic E-state index is -4.15. The second kappa shape index (κ2) is 19.0. The van der Waals surface area contributed by atoms with E-state index in [0.29, 0.717) is 12.8 Å². The van der Waals surface area contributed by atoms with Crippen LogP contribution in [0.1, 0.15) is 58.8 Å². The molecule has 0 saturated heterocycles. The lowest BCUT2D eigenvalue weighted by molar-refractivity contribution is -0.152. The molecule has 0 aliphatic heterocycles. The number of esters is 2. The Morgan fingerprint density at radius 1 is 1.05 bits per heavy atom. The Morgan fingerprint density at radius 2 is 1.71 bits per heavy atom. The SMILES string of the molecule is CCCCCOC(=O)C[C@H](NP(=O)(CO[C@@H](CF)Cn1ccc(N)nc1=O)Oc1ccccc1)C(=O)OCCCCC. The number of alkyl halides is 1. The molecule has 1 aromatic carbocycles. The van der Waals surface area contributed by atoms with Crippen molar-refractivity contribution in [1.29, 1.82) is 0 Å². The van der Waals surface area contributed by atoms with Crippen molar-refractivity contribution in [3.05, 3.63) is 53.1 Å². The summed E-state index contributed by atoms with van der Waals surface area (Å²) in [6, 6.07) is 8.10. The zero-order chi connectivity index (χ0) is 30.8. The highest BCUT2D eigenvalue weighted by Gasteiger charge is 2.36. The number of hydrogen-bond donors (Lipinski definition) is 2. The van der Waals surface area contributed by atoms with E-state index in [0.717, 1.165) is 30.3 Å². The average molecular weight is 613 g/mol. The van der Waals surface area contributed by atoms with E-state index in [1.807, 2.05) is 13.8 Å². The molecular formula is C28H42FN4O8P. The monoisotopic (exact) mass is 612 g/mol. The number of nitrogens with zero attached hydrogens (tertiary/aromatic N) is 2. The number of ether oxygens (including phenoxy) is 3. The van der Waals surface area contributed by atoms with Gasteiger partial charge in [-0.2, -0.15) is 4.98 Å². The van der Waals surface area contributed by atoms with Crippen molar-refractivity contribution in [2.75, 3.05) is 32.0 Å². The molecule has 0 fully saturated rings. The quantitative estimate of drug-likeness (QED) is 0.118. The minimum absolute atomic E-state index is 0.00967. The van der Waals surface area contributed by atoms with Gasteiger partial charge in [-0.3, -0.25) is 18.7 Å². The van der Waals surface area contributed by atoms with Gasteiger partial charge in [0, 0.05) is 6.20 Å². The number of unbranched alkanes of at least 4 members (excludes halogenated alkanes) is 4. The zero-order valence-corrected chi connectivity index (χ0v) is 25.1. The van der Waals surface area contributed by atoms with Gasteiger partial charge in [0.05, 0.1) is 26.2 Å². The summed E-state index contributed by atoms with van der Waals surface area (Å²) in [5.41, 5.74) is 4.80. The highest BCUT2D eigenvalue weighted by atomic mass is 31.2. The van der Waals surface area contributed by atoms with Crippen molar-refractivity contribution >= 4 is 25.3 Å². The van der Waals surface area contributed by atoms with E-state index >= 15 is 0 Å². The molecule has 1 aromatic heterocycles. The summed E-state index contributed by atoms with van der Waals surface area (Å²) in [6.45, 7) is 3.04. The molecular weight excluding hydrogens is 570 g/mol. The van der Waals surface area contributed by atoms with Crippen molar-refractivity contribution < 1.29 is 37.3 Å². The third-order valence-corrected chi connectivity index (χ3v) is 7.66. The van der Waals surface area contributed by atoms with Crippen molar-refractivity contribution in [3.63, 3.8) is 0 Å². The number of halogens is 1. The molecule has 0 radical (unpaired) electrons. The minimum Gasteiger partial charge on any atom is -0.466 e. The Labute approximate surface area is 245 Å². The fraction of sp³-hybridized carbons (Fsp3) is 0.571. The van der Waals surface area contributed by atoms with Gasteiger partial charge in [0.25, 0.3) is 0 Å². The summed E-state index contributed by atoms with van der Waals surface area (Å²) >= 11 is 0. The lowest BCUT2D eigenvalue weighted by Gasteiger charge is -2.26. The summed E-state index contributed by atoms with van der Waals surface area (Å²) in [4.78, 5) is 41.3. The standard InChI is InChI=1S/C28H42FN4O8P/c1-3-5-10-16-38-26(34)18-24(27(35)39-17-11-6-4-2)32-42(37,41-22-12-8-7-9-13-22)21-40-23(19-29)20-33-15-14-25(30)31-28(33)36/h7-9,12-15,23-24H,3-6,10-11,16-21H2,1-2H3,(H,32,37)(H2,30,31,36)/t23-,24-,42?/m0/s1. The molecule has 0 saturated carbocycles. The molecule has 12 nitrogen and oxygen atoms in total. The Hall–Kier alpha value is -3.28. The number of para-hydroxylation sites is 1. The van der Waals surface area contributed by atoms with Gasteiger partial charge in [-0.15, -0.1) is 0 Å². The summed E-state index contributed by atoms with van der Waals surface area (Å²) in [7, 11) is -4.15. The number of carbonyl (C=O) groups is 2. The molecule has 1 heterocycles. The predicted octanol–water partition coefficient (Wildman–Crippen LogP) is 4.22. The third-order valence-electron chi connectivity index (χ3n) is 5.96. The fourth-order valence-corrected chi connectivity index (χ4v) is 5.42. The Morgan fingerprint density at radius 3 is 2.33 bits per heavy atom. The van der Waals surface area contributed by atoms with Gasteiger partial charge in [-0.05, 0) is 31.0 Å². The van der Waals surface area contributed by atoms with Crippen LogP contribution in [-0.4, -0.2) is 59.9 Å². The van der Waals surface area contributed by atoms with Crippen molar-refractivity contribution in [2.24, 2.45) is 0 Å². The van der Waals surface area contributed by atoms with Crippen molar-refractivity contribution in [2.45, 2.75) is 77.5 Å². The highest BCUT2D eigenvalue weighted by Crippen LogP contribution is 2.44. The first kappa shape index (κ1) is 34.9. The summed E-state index contributed by atoms with van der Waals surface area (Å²) in [5, 5.41) is 2.63. The van der Waals surface area contributed by atoms with E-state index in [1.165, 1.54) is 12.3 Å². The third kappa shape index (κ3) is 13.1. The van der Waals surface area contributed by atoms with Crippen LogP contribution in [0.25, 0.3) is 0 Å². The zero-order valence-electron chi connectivity index (χ0n) is 24.2. The molecule has 2 rings (SSSR count). The number of aromatic nitrogens is 2. The van der Waals surface area contributed by atoms with E-state index in [2.05, 4.69) is 10.1 Å². The van der Waals surface area contributed by atoms with Gasteiger partial charge in [-0.25, -0.2) is 14.3 Å². The van der Waals surface area contributed by atoms with E-state index < -0.39 is 56.7 Å². The van der Waals surface area contributed by atoms with Gasteiger partial charge in [0.1, 0.15) is 36.7 Å². The largest absolute Gasteiger partial charge is 0.466 e. The predicted molar refractivity (Wildman–Crippen MR) is 156 cm³/mol. The van der Waals surface area contributed by atoms with Crippen LogP contribution in [0.5, 0.6) is 5.75 Å². The van der Waals surface area contributed by atoms with Gasteiger partial charge in [0.15, 0.2) is 0 Å². The van der Waals surface area contributed by atoms with E-state index in [1.54, 1.807) is 30.3 Å². The molecule has 0 bridgehead atoms. The van der Waals surface area contributed by atoms with Crippen molar-refractivity contribution in [1.82, 2.24) is 14.6 Å². The number of nitrogen functional groups attached to an aromatic ring is 1. The Kier molecular flexibility index (Phi) is 15.8. The maximum atomic E-state index is 14.1. The molecule has 3 atom stereocenters. The number of hydrogen-bond acceptors (Lipinski definition) is 10. The smallest absolute Gasteiger partial charge is 0.349 e. The molecule has 2 aromatic rings. The average Bonchev–Trinajstić information content (AvgIpc) is 2.97. The highest BCUT2D eigenvalue weighted by molar-refractivity contribution is 7.57. The first-order valence-corrected chi connectivity index (χ1v) is 15.9. The molecule has 42 heavy (non-hydrogen) atoms. The van der Waals surface area contributed by atoms with Crippen LogP contribution in [0, 0.1) is 0 Å². The van der Waals surface area contributed by atoms with Crippen LogP contribution >= 0.6 is 7.52 Å². The number of rotatable bonds is 21. The van der Waals surface area contributed by atoms with Crippen LogP contribution < -0.4 is 21.0 Å². The molecule has 0 aliphatic rings. The Bertz CT molecular complexity index is 1200. The molecule has 0 amide bonds. The summed E-state index contributed by atoms with van der Waals surface area (Å²) in [5.74, 6) is -1.30. The number of nitrogens with one attached hydrogen (secondary N) is 1. The number of anilines is 1. The first-order valence-electron chi connectivity index (χ1n) is 14.1. The number of nitrogens with two attached hydrogens (primary N) is 1.